The predicted molar refractivity (Wildman–Crippen MR) is 124 cm³/mol. The van der Waals surface area contributed by atoms with Gasteiger partial charge in [-0.2, -0.15) is 0 Å². The molecule has 2 aromatic heterocycles. The van der Waals surface area contributed by atoms with Crippen molar-refractivity contribution in [3.63, 3.8) is 0 Å². The van der Waals surface area contributed by atoms with Crippen molar-refractivity contribution < 1.29 is 14.4 Å². The van der Waals surface area contributed by atoms with Crippen LogP contribution >= 0.6 is 59.4 Å². The minimum Gasteiger partial charge on any atom is -0.345 e. The number of pyridine rings is 1. The lowest BCUT2D eigenvalue weighted by Crippen LogP contribution is -2.27. The van der Waals surface area contributed by atoms with Crippen molar-refractivity contribution in [2.75, 3.05) is 11.9 Å². The molecular formula is C19H12Br3ClN4O3. The lowest BCUT2D eigenvalue weighted by atomic mass is 10.1. The van der Waals surface area contributed by atoms with Gasteiger partial charge in [0.15, 0.2) is 5.82 Å². The minimum atomic E-state index is -0.510. The normalized spacial score (nSPS) is 10.5. The minimum absolute atomic E-state index is 0.148. The molecular weight excluding hydrogens is 607 g/mol. The molecule has 0 saturated heterocycles. The molecule has 3 aromatic rings. The number of hydrogen-bond acceptors (Lipinski definition) is 4. The van der Waals surface area contributed by atoms with Crippen LogP contribution in [-0.4, -0.2) is 34.2 Å². The quantitative estimate of drug-likeness (QED) is 0.381. The second kappa shape index (κ2) is 9.86. The second-order valence-electron chi connectivity index (χ2n) is 5.86. The number of rotatable bonds is 6. The number of nitrogens with zero attached hydrogens (tertiary/aromatic N) is 2. The zero-order chi connectivity index (χ0) is 21.8. The van der Waals surface area contributed by atoms with Gasteiger partial charge in [0.25, 0.3) is 11.8 Å². The molecule has 2 N–H and O–H groups in total. The maximum atomic E-state index is 13.1. The van der Waals surface area contributed by atoms with E-state index >= 15 is 0 Å². The monoisotopic (exact) mass is 616 g/mol. The molecule has 7 nitrogen and oxygen atoms in total. The van der Waals surface area contributed by atoms with Gasteiger partial charge in [-0.3, -0.25) is 14.2 Å². The molecule has 0 fully saturated rings. The number of anilines is 1. The predicted octanol–water partition coefficient (Wildman–Crippen LogP) is 4.99. The number of carbonyl (C=O) groups is 3. The van der Waals surface area contributed by atoms with Crippen LogP contribution in [0, 0.1) is 0 Å². The molecule has 1 aromatic carbocycles. The Labute approximate surface area is 201 Å². The Morgan fingerprint density at radius 1 is 1.13 bits per heavy atom. The highest BCUT2D eigenvalue weighted by molar-refractivity contribution is 9.11. The lowest BCUT2D eigenvalue weighted by molar-refractivity contribution is -0.107. The molecule has 11 heteroatoms. The van der Waals surface area contributed by atoms with Gasteiger partial charge in [0.05, 0.1) is 22.8 Å². The third-order valence-electron chi connectivity index (χ3n) is 3.87. The fourth-order valence-electron chi connectivity index (χ4n) is 2.62. The smallest absolute Gasteiger partial charge is 0.272 e. The molecule has 154 valence electrons. The van der Waals surface area contributed by atoms with Crippen molar-refractivity contribution >= 4 is 83.2 Å². The third-order valence-corrected chi connectivity index (χ3v) is 5.68. The van der Waals surface area contributed by atoms with Crippen LogP contribution in [0.15, 0.2) is 56.1 Å². The first kappa shape index (κ1) is 22.7. The molecule has 0 radical (unpaired) electrons. The molecule has 0 atom stereocenters. The summed E-state index contributed by atoms with van der Waals surface area (Å²) in [7, 11) is 0. The molecule has 2 heterocycles. The number of nitrogens with one attached hydrogen (secondary N) is 2. The summed E-state index contributed by atoms with van der Waals surface area (Å²) in [5.74, 6) is -0.618. The van der Waals surface area contributed by atoms with Crippen LogP contribution in [0.4, 0.5) is 5.69 Å². The van der Waals surface area contributed by atoms with Crippen LogP contribution in [0.3, 0.4) is 0 Å². The van der Waals surface area contributed by atoms with Gasteiger partial charge < -0.3 is 15.4 Å². The highest BCUT2D eigenvalue weighted by atomic mass is 79.9. The summed E-state index contributed by atoms with van der Waals surface area (Å²) >= 11 is 16.3. The molecule has 30 heavy (non-hydrogen) atoms. The van der Waals surface area contributed by atoms with Crippen LogP contribution < -0.4 is 10.6 Å². The molecule has 0 aliphatic rings. The van der Waals surface area contributed by atoms with E-state index in [0.29, 0.717) is 30.5 Å². The van der Waals surface area contributed by atoms with Gasteiger partial charge in [-0.05, 0) is 62.2 Å². The summed E-state index contributed by atoms with van der Waals surface area (Å²) in [5, 5.41) is 5.59. The number of hydrogen-bond donors (Lipinski definition) is 2. The highest BCUT2D eigenvalue weighted by Crippen LogP contribution is 2.32. The summed E-state index contributed by atoms with van der Waals surface area (Å²) in [6.07, 6.45) is 3.80. The zero-order valence-corrected chi connectivity index (χ0v) is 20.5. The van der Waals surface area contributed by atoms with Gasteiger partial charge in [-0.15, -0.1) is 0 Å². The Bertz CT molecular complexity index is 1150. The van der Waals surface area contributed by atoms with Crippen LogP contribution in [0.25, 0.3) is 5.82 Å². The summed E-state index contributed by atoms with van der Waals surface area (Å²) in [5.41, 5.74) is 0.679. The van der Waals surface area contributed by atoms with Gasteiger partial charge in [0.2, 0.25) is 0 Å². The van der Waals surface area contributed by atoms with Crippen molar-refractivity contribution in [1.29, 1.82) is 0 Å². The van der Waals surface area contributed by atoms with Crippen LogP contribution in [-0.2, 0) is 4.79 Å². The summed E-state index contributed by atoms with van der Waals surface area (Å²) in [6, 6.07) is 8.20. The number of aldehydes is 1. The van der Waals surface area contributed by atoms with E-state index in [-0.39, 0.29) is 23.5 Å². The summed E-state index contributed by atoms with van der Waals surface area (Å²) in [4.78, 5) is 40.4. The molecule has 3 rings (SSSR count). The standard InChI is InChI=1S/C19H12Br3ClN4O3/c20-10-6-12(18(29)25-4-5-28)16(13(22)7-10)26-19(30)15-8-11(21)9-27(15)17-14(23)2-1-3-24-17/h1-3,5-9H,4H2,(H,25,29)(H,26,30). The van der Waals surface area contributed by atoms with E-state index in [0.717, 1.165) is 0 Å². The van der Waals surface area contributed by atoms with Gasteiger partial charge in [0.1, 0.15) is 12.0 Å². The van der Waals surface area contributed by atoms with E-state index in [1.54, 1.807) is 47.3 Å². The molecule has 0 bridgehead atoms. The maximum absolute atomic E-state index is 13.1. The Hall–Kier alpha value is -2.01. The SMILES string of the molecule is O=CCNC(=O)c1cc(Br)cc(Br)c1NC(=O)c1cc(Br)cn1-c1ncccc1Cl. The Morgan fingerprint density at radius 2 is 1.90 bits per heavy atom. The number of amides is 2. The fraction of sp³-hybridized carbons (Fsp3) is 0.0526. The largest absolute Gasteiger partial charge is 0.345 e. The van der Waals surface area contributed by atoms with Gasteiger partial charge in [0, 0.05) is 25.8 Å². The number of carbonyl (C=O) groups excluding carboxylic acids is 3. The lowest BCUT2D eigenvalue weighted by Gasteiger charge is -2.15. The van der Waals surface area contributed by atoms with Gasteiger partial charge in [-0.25, -0.2) is 4.98 Å². The average Bonchev–Trinajstić information content (AvgIpc) is 3.09. The van der Waals surface area contributed by atoms with E-state index in [9.17, 15) is 14.4 Å². The van der Waals surface area contributed by atoms with Crippen molar-refractivity contribution in [1.82, 2.24) is 14.9 Å². The molecule has 0 spiro atoms. The van der Waals surface area contributed by atoms with Crippen molar-refractivity contribution in [3.8, 4) is 5.82 Å². The summed E-state index contributed by atoms with van der Waals surface area (Å²) < 4.78 is 3.29. The fourth-order valence-corrected chi connectivity index (χ4v) is 4.58. The van der Waals surface area contributed by atoms with Gasteiger partial charge in [-0.1, -0.05) is 27.5 Å². The van der Waals surface area contributed by atoms with Crippen molar-refractivity contribution in [3.05, 3.63) is 72.4 Å². The molecule has 0 unspecified atom stereocenters. The number of halogens is 4. The summed E-state index contributed by atoms with van der Waals surface area (Å²) in [6.45, 7) is -0.148. The van der Waals surface area contributed by atoms with E-state index < -0.39 is 11.8 Å². The highest BCUT2D eigenvalue weighted by Gasteiger charge is 2.21. The first-order chi connectivity index (χ1) is 14.3. The zero-order valence-electron chi connectivity index (χ0n) is 15.0. The Morgan fingerprint density at radius 3 is 2.60 bits per heavy atom. The number of aromatic nitrogens is 2. The van der Waals surface area contributed by atoms with E-state index in [2.05, 4.69) is 63.4 Å². The second-order valence-corrected chi connectivity index (χ2v) is 8.96. The molecule has 2 amide bonds. The Kier molecular flexibility index (Phi) is 7.45. The van der Waals surface area contributed by atoms with Crippen molar-refractivity contribution in [2.24, 2.45) is 0 Å². The van der Waals surface area contributed by atoms with Crippen LogP contribution in [0.5, 0.6) is 0 Å². The first-order valence-corrected chi connectivity index (χ1v) is 11.1. The third kappa shape index (κ3) is 5.00. The molecule has 0 aliphatic carbocycles. The maximum Gasteiger partial charge on any atom is 0.272 e. The van der Waals surface area contributed by atoms with Crippen LogP contribution in [0.1, 0.15) is 20.8 Å². The van der Waals surface area contributed by atoms with E-state index in [4.69, 9.17) is 11.6 Å². The number of benzene rings is 1. The Balaban J connectivity index is 2.01. The average molecular weight is 619 g/mol. The van der Waals surface area contributed by atoms with E-state index in [1.165, 1.54) is 0 Å². The first-order valence-electron chi connectivity index (χ1n) is 8.32. The molecule has 0 saturated carbocycles. The van der Waals surface area contributed by atoms with Gasteiger partial charge >= 0.3 is 0 Å². The van der Waals surface area contributed by atoms with Crippen LogP contribution in [0.2, 0.25) is 5.02 Å². The van der Waals surface area contributed by atoms with E-state index in [1.807, 2.05) is 0 Å². The topological polar surface area (TPSA) is 93.1 Å². The van der Waals surface area contributed by atoms with Crippen molar-refractivity contribution in [2.45, 2.75) is 0 Å². The molecule has 0 aliphatic heterocycles.